The minimum Gasteiger partial charge on any atom is -0.478 e. The SMILES string of the molecule is O=C(O)c1ccc(Nc2nc(Cl)nc3sc4c(c23)CCCCC4)cc1. The number of nitrogens with zero attached hydrogens (tertiary/aromatic N) is 2. The molecule has 0 aliphatic heterocycles. The maximum atomic E-state index is 11.0. The highest BCUT2D eigenvalue weighted by Crippen LogP contribution is 2.39. The van der Waals surface area contributed by atoms with Crippen LogP contribution < -0.4 is 5.32 Å². The van der Waals surface area contributed by atoms with Crippen LogP contribution in [-0.2, 0) is 12.8 Å². The molecule has 0 saturated carbocycles. The van der Waals surface area contributed by atoms with Crippen molar-refractivity contribution < 1.29 is 9.90 Å². The number of hydrogen-bond donors (Lipinski definition) is 2. The van der Waals surface area contributed by atoms with Crippen molar-refractivity contribution in [3.63, 3.8) is 0 Å². The molecule has 7 heteroatoms. The summed E-state index contributed by atoms with van der Waals surface area (Å²) in [4.78, 5) is 22.1. The molecule has 0 bridgehead atoms. The molecular formula is C18H16ClN3O2S. The summed E-state index contributed by atoms with van der Waals surface area (Å²) in [6.45, 7) is 0. The largest absolute Gasteiger partial charge is 0.478 e. The fourth-order valence-electron chi connectivity index (χ4n) is 3.23. The van der Waals surface area contributed by atoms with Crippen LogP contribution in [0.15, 0.2) is 24.3 Å². The van der Waals surface area contributed by atoms with Crippen LogP contribution in [-0.4, -0.2) is 21.0 Å². The van der Waals surface area contributed by atoms with Crippen LogP contribution in [0.4, 0.5) is 11.5 Å². The number of halogens is 1. The Hall–Kier alpha value is -2.18. The topological polar surface area (TPSA) is 75.1 Å². The second kappa shape index (κ2) is 6.61. The predicted octanol–water partition coefficient (Wildman–Crippen LogP) is 5.06. The van der Waals surface area contributed by atoms with Crippen LogP contribution in [0, 0.1) is 0 Å². The van der Waals surface area contributed by atoms with Crippen LogP contribution in [0.25, 0.3) is 10.2 Å². The molecule has 1 aliphatic rings. The van der Waals surface area contributed by atoms with E-state index in [1.54, 1.807) is 35.6 Å². The van der Waals surface area contributed by atoms with Gasteiger partial charge >= 0.3 is 5.97 Å². The Morgan fingerprint density at radius 1 is 1.12 bits per heavy atom. The number of benzene rings is 1. The number of anilines is 2. The summed E-state index contributed by atoms with van der Waals surface area (Å²) in [6.07, 6.45) is 5.75. The first-order valence-electron chi connectivity index (χ1n) is 8.20. The number of carboxylic acids is 1. The normalized spacial score (nSPS) is 14.1. The fourth-order valence-corrected chi connectivity index (χ4v) is 4.71. The van der Waals surface area contributed by atoms with Gasteiger partial charge in [0, 0.05) is 10.6 Å². The van der Waals surface area contributed by atoms with Gasteiger partial charge in [-0.2, -0.15) is 4.98 Å². The van der Waals surface area contributed by atoms with E-state index in [4.69, 9.17) is 16.7 Å². The number of fused-ring (bicyclic) bond motifs is 3. The van der Waals surface area contributed by atoms with E-state index in [1.165, 1.54) is 29.7 Å². The van der Waals surface area contributed by atoms with Crippen molar-refractivity contribution >= 4 is 50.6 Å². The Bertz CT molecular complexity index is 953. The first kappa shape index (κ1) is 16.3. The van der Waals surface area contributed by atoms with Gasteiger partial charge in [-0.3, -0.25) is 0 Å². The van der Waals surface area contributed by atoms with Gasteiger partial charge in [-0.1, -0.05) is 6.42 Å². The van der Waals surface area contributed by atoms with Gasteiger partial charge in [0.2, 0.25) is 5.28 Å². The molecule has 0 atom stereocenters. The van der Waals surface area contributed by atoms with Gasteiger partial charge in [0.25, 0.3) is 0 Å². The van der Waals surface area contributed by atoms with Gasteiger partial charge in [-0.05, 0) is 67.1 Å². The lowest BCUT2D eigenvalue weighted by atomic mass is 10.1. The van der Waals surface area contributed by atoms with Gasteiger partial charge in [-0.15, -0.1) is 11.3 Å². The average molecular weight is 374 g/mol. The number of aromatic carboxylic acids is 1. The van der Waals surface area contributed by atoms with E-state index in [1.807, 2.05) is 0 Å². The average Bonchev–Trinajstić information content (AvgIpc) is 2.77. The minimum absolute atomic E-state index is 0.216. The van der Waals surface area contributed by atoms with Crippen molar-refractivity contribution in [1.29, 1.82) is 0 Å². The van der Waals surface area contributed by atoms with Crippen LogP contribution >= 0.6 is 22.9 Å². The van der Waals surface area contributed by atoms with E-state index in [0.717, 1.165) is 28.7 Å². The molecule has 2 heterocycles. The number of aryl methyl sites for hydroxylation is 2. The van der Waals surface area contributed by atoms with Crippen molar-refractivity contribution in [2.75, 3.05) is 5.32 Å². The molecule has 0 fully saturated rings. The maximum Gasteiger partial charge on any atom is 0.335 e. The zero-order chi connectivity index (χ0) is 17.4. The van der Waals surface area contributed by atoms with Crippen molar-refractivity contribution in [3.8, 4) is 0 Å². The number of carbonyl (C=O) groups is 1. The molecule has 5 nitrogen and oxygen atoms in total. The van der Waals surface area contributed by atoms with Crippen molar-refractivity contribution in [3.05, 3.63) is 45.6 Å². The highest BCUT2D eigenvalue weighted by atomic mass is 35.5. The smallest absolute Gasteiger partial charge is 0.335 e. The first-order valence-corrected chi connectivity index (χ1v) is 9.39. The van der Waals surface area contributed by atoms with Crippen molar-refractivity contribution in [2.45, 2.75) is 32.1 Å². The Kier molecular flexibility index (Phi) is 4.31. The van der Waals surface area contributed by atoms with E-state index in [9.17, 15) is 4.79 Å². The third-order valence-electron chi connectivity index (χ3n) is 4.43. The quantitative estimate of drug-likeness (QED) is 0.496. The predicted molar refractivity (Wildman–Crippen MR) is 100 cm³/mol. The number of carboxylic acid groups (broad SMARTS) is 1. The van der Waals surface area contributed by atoms with Gasteiger partial charge < -0.3 is 10.4 Å². The van der Waals surface area contributed by atoms with Crippen LogP contribution in [0.5, 0.6) is 0 Å². The van der Waals surface area contributed by atoms with Crippen LogP contribution in [0.3, 0.4) is 0 Å². The van der Waals surface area contributed by atoms with Crippen LogP contribution in [0.1, 0.15) is 40.1 Å². The number of hydrogen-bond acceptors (Lipinski definition) is 5. The molecule has 1 aromatic carbocycles. The highest BCUT2D eigenvalue weighted by Gasteiger charge is 2.20. The summed E-state index contributed by atoms with van der Waals surface area (Å²) < 4.78 is 0. The Balaban J connectivity index is 1.77. The van der Waals surface area contributed by atoms with Crippen molar-refractivity contribution in [1.82, 2.24) is 9.97 Å². The molecule has 0 unspecified atom stereocenters. The first-order chi connectivity index (χ1) is 12.1. The van der Waals surface area contributed by atoms with Crippen molar-refractivity contribution in [2.24, 2.45) is 0 Å². The molecule has 0 spiro atoms. The molecule has 2 aromatic heterocycles. The summed E-state index contributed by atoms with van der Waals surface area (Å²) in [7, 11) is 0. The van der Waals surface area contributed by atoms with Gasteiger partial charge in [-0.25, -0.2) is 9.78 Å². The third-order valence-corrected chi connectivity index (χ3v) is 5.79. The lowest BCUT2D eigenvalue weighted by Crippen LogP contribution is -1.99. The summed E-state index contributed by atoms with van der Waals surface area (Å²) in [5, 5.41) is 13.6. The molecule has 4 rings (SSSR count). The molecular weight excluding hydrogens is 358 g/mol. The zero-order valence-electron chi connectivity index (χ0n) is 13.4. The number of aromatic nitrogens is 2. The lowest BCUT2D eigenvalue weighted by molar-refractivity contribution is 0.0697. The van der Waals surface area contributed by atoms with Crippen LogP contribution in [0.2, 0.25) is 5.28 Å². The van der Waals surface area contributed by atoms with E-state index in [2.05, 4.69) is 15.3 Å². The van der Waals surface area contributed by atoms with Gasteiger partial charge in [0.1, 0.15) is 10.6 Å². The highest BCUT2D eigenvalue weighted by molar-refractivity contribution is 7.19. The van der Waals surface area contributed by atoms with E-state index >= 15 is 0 Å². The molecule has 0 amide bonds. The fraction of sp³-hybridized carbons (Fsp3) is 0.278. The lowest BCUT2D eigenvalue weighted by Gasteiger charge is -2.09. The molecule has 128 valence electrons. The Morgan fingerprint density at radius 3 is 2.64 bits per heavy atom. The molecule has 0 saturated heterocycles. The molecule has 25 heavy (non-hydrogen) atoms. The van der Waals surface area contributed by atoms with E-state index in [-0.39, 0.29) is 10.8 Å². The minimum atomic E-state index is -0.942. The van der Waals surface area contributed by atoms with Gasteiger partial charge in [0.15, 0.2) is 0 Å². The second-order valence-electron chi connectivity index (χ2n) is 6.09. The maximum absolute atomic E-state index is 11.0. The number of nitrogens with one attached hydrogen (secondary N) is 1. The summed E-state index contributed by atoms with van der Waals surface area (Å²) >= 11 is 7.82. The molecule has 0 radical (unpaired) electrons. The molecule has 1 aliphatic carbocycles. The molecule has 3 aromatic rings. The number of rotatable bonds is 3. The third kappa shape index (κ3) is 3.19. The van der Waals surface area contributed by atoms with Gasteiger partial charge in [0.05, 0.1) is 10.9 Å². The summed E-state index contributed by atoms with van der Waals surface area (Å²) in [6, 6.07) is 6.60. The summed E-state index contributed by atoms with van der Waals surface area (Å²) in [5.41, 5.74) is 2.36. The monoisotopic (exact) mass is 373 g/mol. The number of thiophene rings is 1. The summed E-state index contributed by atoms with van der Waals surface area (Å²) in [5.74, 6) is -0.250. The standard InChI is InChI=1S/C18H16ClN3O2S/c19-18-21-15(20-11-8-6-10(7-9-11)17(23)24)14-12-4-2-1-3-5-13(12)25-16(14)22-18/h6-9H,1-5H2,(H,23,24)(H,20,21,22). The van der Waals surface area contributed by atoms with E-state index < -0.39 is 5.97 Å². The Morgan fingerprint density at radius 2 is 1.88 bits per heavy atom. The van der Waals surface area contributed by atoms with E-state index in [0.29, 0.717) is 5.82 Å². The second-order valence-corrected chi connectivity index (χ2v) is 7.52. The molecule has 2 N–H and O–H groups in total. The Labute approximate surface area is 153 Å². The zero-order valence-corrected chi connectivity index (χ0v) is 15.0.